The van der Waals surface area contributed by atoms with Gasteiger partial charge in [0.25, 0.3) is 0 Å². The molecule has 3 N–H and O–H groups in total. The van der Waals surface area contributed by atoms with Gasteiger partial charge in [0.15, 0.2) is 11.7 Å². The van der Waals surface area contributed by atoms with Crippen molar-refractivity contribution < 1.29 is 31.1 Å². The zero-order valence-electron chi connectivity index (χ0n) is 11.8. The fourth-order valence-electron chi connectivity index (χ4n) is 1.60. The van der Waals surface area contributed by atoms with E-state index in [-0.39, 0.29) is 31.0 Å². The molecule has 0 atom stereocenters. The molecule has 1 aromatic rings. The van der Waals surface area contributed by atoms with Crippen LogP contribution in [-0.4, -0.2) is 25.0 Å². The number of nitrogens with two attached hydrogens (primary N) is 1. The van der Waals surface area contributed by atoms with E-state index < -0.39 is 24.7 Å². The van der Waals surface area contributed by atoms with Crippen molar-refractivity contribution in [1.29, 1.82) is 0 Å². The van der Waals surface area contributed by atoms with Crippen LogP contribution in [0.4, 0.5) is 32.0 Å². The largest absolute Gasteiger partial charge is 0.573 e. The minimum Gasteiger partial charge on any atom is -0.404 e. The minimum atomic E-state index is -4.86. The molecule has 0 radical (unpaired) electrons. The fraction of sp³-hybridized carbons (Fsp3) is 0.462. The predicted molar refractivity (Wildman–Crippen MR) is 73.1 cm³/mol. The average molecular weight is 343 g/mol. The number of halogens is 6. The lowest BCUT2D eigenvalue weighted by molar-refractivity contribution is -0.274. The van der Waals surface area contributed by atoms with E-state index in [1.165, 1.54) is 18.2 Å². The SMILES string of the molecule is NC(=NCCCCC(F)(F)F)Nc1ccccc1OC(F)(F)F. The predicted octanol–water partition coefficient (Wildman–Crippen LogP) is 4.04. The first kappa shape index (κ1) is 18.9. The number of nitrogens with one attached hydrogen (secondary N) is 1. The molecule has 23 heavy (non-hydrogen) atoms. The van der Waals surface area contributed by atoms with Crippen LogP contribution in [-0.2, 0) is 0 Å². The van der Waals surface area contributed by atoms with E-state index >= 15 is 0 Å². The van der Waals surface area contributed by atoms with E-state index in [0.29, 0.717) is 0 Å². The number of nitrogens with zero attached hydrogens (tertiary/aromatic N) is 1. The van der Waals surface area contributed by atoms with Gasteiger partial charge in [-0.1, -0.05) is 12.1 Å². The summed E-state index contributed by atoms with van der Waals surface area (Å²) in [7, 11) is 0. The second-order valence-corrected chi connectivity index (χ2v) is 4.51. The van der Waals surface area contributed by atoms with Crippen molar-refractivity contribution in [3.05, 3.63) is 24.3 Å². The molecule has 0 aromatic heterocycles. The zero-order valence-corrected chi connectivity index (χ0v) is 11.8. The van der Waals surface area contributed by atoms with Crippen LogP contribution in [0.2, 0.25) is 0 Å². The normalized spacial score (nSPS) is 13.0. The maximum Gasteiger partial charge on any atom is 0.573 e. The monoisotopic (exact) mass is 343 g/mol. The summed E-state index contributed by atoms with van der Waals surface area (Å²) < 4.78 is 76.3. The second-order valence-electron chi connectivity index (χ2n) is 4.51. The maximum atomic E-state index is 12.2. The highest BCUT2D eigenvalue weighted by atomic mass is 19.4. The number of guanidine groups is 1. The summed E-state index contributed by atoms with van der Waals surface area (Å²) in [5, 5.41) is 2.42. The highest BCUT2D eigenvalue weighted by molar-refractivity contribution is 5.93. The van der Waals surface area contributed by atoms with Crippen molar-refractivity contribution in [3.63, 3.8) is 0 Å². The van der Waals surface area contributed by atoms with Gasteiger partial charge in [-0.3, -0.25) is 4.99 Å². The van der Waals surface area contributed by atoms with Crippen LogP contribution >= 0.6 is 0 Å². The first-order chi connectivity index (χ1) is 10.6. The zero-order chi connectivity index (χ0) is 17.5. The molecule has 0 bridgehead atoms. The number of aliphatic imine (C=N–C) groups is 1. The Bertz CT molecular complexity index is 527. The molecule has 0 aliphatic carbocycles. The summed E-state index contributed by atoms with van der Waals surface area (Å²) in [6.45, 7) is 0.0250. The van der Waals surface area contributed by atoms with Crippen LogP contribution in [0.1, 0.15) is 19.3 Å². The minimum absolute atomic E-state index is 0.0250. The Kier molecular flexibility index (Phi) is 6.52. The number of hydrogen-bond donors (Lipinski definition) is 2. The van der Waals surface area contributed by atoms with E-state index in [2.05, 4.69) is 15.0 Å². The molecule has 0 aliphatic heterocycles. The van der Waals surface area contributed by atoms with E-state index in [1.54, 1.807) is 0 Å². The molecule has 0 saturated heterocycles. The number of para-hydroxylation sites is 2. The van der Waals surface area contributed by atoms with E-state index in [1.807, 2.05) is 0 Å². The first-order valence-corrected chi connectivity index (χ1v) is 6.55. The second kappa shape index (κ2) is 7.93. The highest BCUT2D eigenvalue weighted by Gasteiger charge is 2.32. The molecule has 10 heteroatoms. The number of alkyl halides is 6. The third kappa shape index (κ3) is 8.79. The molecule has 1 rings (SSSR count). The van der Waals surface area contributed by atoms with E-state index in [4.69, 9.17) is 5.73 Å². The van der Waals surface area contributed by atoms with Gasteiger partial charge in [0.2, 0.25) is 0 Å². The van der Waals surface area contributed by atoms with Crippen LogP contribution < -0.4 is 15.8 Å². The Morgan fingerprint density at radius 3 is 2.35 bits per heavy atom. The van der Waals surface area contributed by atoms with Crippen molar-refractivity contribution in [2.45, 2.75) is 31.8 Å². The summed E-state index contributed by atoms with van der Waals surface area (Å²) in [5.74, 6) is -0.703. The Hall–Kier alpha value is -2.13. The molecule has 0 unspecified atom stereocenters. The lowest BCUT2D eigenvalue weighted by Crippen LogP contribution is -2.24. The van der Waals surface area contributed by atoms with Crippen LogP contribution in [0.5, 0.6) is 5.75 Å². The van der Waals surface area contributed by atoms with Gasteiger partial charge in [-0.2, -0.15) is 13.2 Å². The smallest absolute Gasteiger partial charge is 0.404 e. The fourth-order valence-corrected chi connectivity index (χ4v) is 1.60. The molecule has 0 heterocycles. The summed E-state index contributed by atoms with van der Waals surface area (Å²) in [6, 6.07) is 5.19. The van der Waals surface area contributed by atoms with Crippen LogP contribution in [0, 0.1) is 0 Å². The number of anilines is 1. The summed E-state index contributed by atoms with van der Waals surface area (Å²) in [5.41, 5.74) is 5.43. The van der Waals surface area contributed by atoms with Crippen LogP contribution in [0.25, 0.3) is 0 Å². The quantitative estimate of drug-likeness (QED) is 0.355. The lowest BCUT2D eigenvalue weighted by Gasteiger charge is -2.14. The highest BCUT2D eigenvalue weighted by Crippen LogP contribution is 2.29. The molecular formula is C13H15F6N3O. The number of benzene rings is 1. The van der Waals surface area contributed by atoms with Gasteiger partial charge in [0.1, 0.15) is 0 Å². The lowest BCUT2D eigenvalue weighted by atomic mass is 10.2. The number of unbranched alkanes of at least 4 members (excludes halogenated alkanes) is 1. The van der Waals surface area contributed by atoms with Gasteiger partial charge in [0.05, 0.1) is 5.69 Å². The molecule has 0 saturated carbocycles. The molecule has 0 amide bonds. The Morgan fingerprint density at radius 1 is 1.09 bits per heavy atom. The van der Waals surface area contributed by atoms with Gasteiger partial charge >= 0.3 is 12.5 Å². The molecule has 0 fully saturated rings. The van der Waals surface area contributed by atoms with Crippen molar-refractivity contribution in [3.8, 4) is 5.75 Å². The number of ether oxygens (including phenoxy) is 1. The average Bonchev–Trinajstić information content (AvgIpc) is 2.37. The molecular weight excluding hydrogens is 328 g/mol. The molecule has 1 aromatic carbocycles. The summed E-state index contributed by atoms with van der Waals surface area (Å²) >= 11 is 0. The van der Waals surface area contributed by atoms with Gasteiger partial charge in [0, 0.05) is 13.0 Å². The molecule has 130 valence electrons. The van der Waals surface area contributed by atoms with Crippen molar-refractivity contribution >= 4 is 11.6 Å². The van der Waals surface area contributed by atoms with Gasteiger partial charge < -0.3 is 15.8 Å². The third-order valence-electron chi connectivity index (χ3n) is 2.53. The molecule has 4 nitrogen and oxygen atoms in total. The van der Waals surface area contributed by atoms with Crippen LogP contribution in [0.3, 0.4) is 0 Å². The molecule has 0 spiro atoms. The first-order valence-electron chi connectivity index (χ1n) is 6.55. The molecule has 0 aliphatic rings. The van der Waals surface area contributed by atoms with Gasteiger partial charge in [-0.25, -0.2) is 0 Å². The standard InChI is InChI=1S/C13H15F6N3O/c14-12(15,16)7-3-4-8-21-11(20)22-9-5-1-2-6-10(9)23-13(17,18)19/h1-2,5-6H,3-4,7-8H2,(H3,20,21,22). The van der Waals surface area contributed by atoms with Crippen LogP contribution in [0.15, 0.2) is 29.3 Å². The number of rotatable bonds is 6. The Balaban J connectivity index is 2.53. The number of hydrogen-bond acceptors (Lipinski definition) is 2. The van der Waals surface area contributed by atoms with E-state index in [9.17, 15) is 26.3 Å². The Labute approximate surface area is 128 Å². The van der Waals surface area contributed by atoms with Crippen molar-refractivity contribution in [2.75, 3.05) is 11.9 Å². The van der Waals surface area contributed by atoms with Gasteiger partial charge in [-0.15, -0.1) is 13.2 Å². The third-order valence-corrected chi connectivity index (χ3v) is 2.53. The topological polar surface area (TPSA) is 59.6 Å². The summed E-state index contributed by atoms with van der Waals surface area (Å²) in [6.07, 6.45) is -9.95. The maximum absolute atomic E-state index is 12.2. The van der Waals surface area contributed by atoms with Crippen molar-refractivity contribution in [1.82, 2.24) is 0 Å². The van der Waals surface area contributed by atoms with Crippen molar-refractivity contribution in [2.24, 2.45) is 10.7 Å². The van der Waals surface area contributed by atoms with E-state index in [0.717, 1.165) is 6.07 Å². The summed E-state index contributed by atoms with van der Waals surface area (Å²) in [4.78, 5) is 3.76. The Morgan fingerprint density at radius 2 is 1.74 bits per heavy atom. The van der Waals surface area contributed by atoms with Gasteiger partial charge in [-0.05, 0) is 25.0 Å².